The summed E-state index contributed by atoms with van der Waals surface area (Å²) in [5.74, 6) is 0.623. The Labute approximate surface area is 133 Å². The molecule has 0 saturated carbocycles. The molecule has 0 aliphatic heterocycles. The third-order valence-corrected chi connectivity index (χ3v) is 5.20. The van der Waals surface area contributed by atoms with Gasteiger partial charge in [-0.2, -0.15) is 15.4 Å². The monoisotopic (exact) mass is 332 g/mol. The molecule has 0 fully saturated rings. The molecular weight excluding hydrogens is 316 g/mol. The molecular formula is C15H16N4O3S. The van der Waals surface area contributed by atoms with Crippen LogP contribution in [-0.2, 0) is 10.0 Å². The normalized spacial score (nSPS) is 11.6. The summed E-state index contributed by atoms with van der Waals surface area (Å²) in [5, 5.41) is 10.4. The van der Waals surface area contributed by atoms with Gasteiger partial charge in [-0.3, -0.25) is 4.72 Å². The molecule has 1 heterocycles. The third kappa shape index (κ3) is 2.72. The van der Waals surface area contributed by atoms with Crippen LogP contribution >= 0.6 is 0 Å². The molecule has 2 aromatic carbocycles. The number of nitrogens with zero attached hydrogens (tertiary/aromatic N) is 2. The van der Waals surface area contributed by atoms with E-state index in [0.29, 0.717) is 33.6 Å². The van der Waals surface area contributed by atoms with Crippen LogP contribution in [0.15, 0.2) is 35.2 Å². The molecule has 8 heteroatoms. The van der Waals surface area contributed by atoms with Crippen molar-refractivity contribution in [1.29, 1.82) is 0 Å². The van der Waals surface area contributed by atoms with Crippen molar-refractivity contribution in [2.45, 2.75) is 18.7 Å². The number of aromatic nitrogens is 3. The Bertz CT molecular complexity index is 956. The average molecular weight is 332 g/mol. The summed E-state index contributed by atoms with van der Waals surface area (Å²) in [5.41, 5.74) is 2.67. The molecule has 0 amide bonds. The smallest absolute Gasteiger partial charge is 0.262 e. The van der Waals surface area contributed by atoms with Crippen molar-refractivity contribution in [3.8, 4) is 5.75 Å². The summed E-state index contributed by atoms with van der Waals surface area (Å²) >= 11 is 0. The number of para-hydroxylation sites is 1. The number of anilines is 1. The van der Waals surface area contributed by atoms with E-state index in [4.69, 9.17) is 4.74 Å². The van der Waals surface area contributed by atoms with E-state index in [2.05, 4.69) is 20.1 Å². The molecule has 120 valence electrons. The van der Waals surface area contributed by atoms with Gasteiger partial charge in [-0.15, -0.1) is 0 Å². The van der Waals surface area contributed by atoms with Gasteiger partial charge in [0.1, 0.15) is 16.8 Å². The highest BCUT2D eigenvalue weighted by molar-refractivity contribution is 7.92. The number of sulfonamides is 1. The zero-order valence-electron chi connectivity index (χ0n) is 12.9. The van der Waals surface area contributed by atoms with Gasteiger partial charge in [0.2, 0.25) is 0 Å². The van der Waals surface area contributed by atoms with E-state index < -0.39 is 10.0 Å². The molecule has 2 N–H and O–H groups in total. The van der Waals surface area contributed by atoms with Gasteiger partial charge in [-0.05, 0) is 49.2 Å². The number of rotatable bonds is 4. The van der Waals surface area contributed by atoms with Crippen LogP contribution in [0.1, 0.15) is 11.1 Å². The summed E-state index contributed by atoms with van der Waals surface area (Å²) in [6.45, 7) is 3.47. The van der Waals surface area contributed by atoms with Gasteiger partial charge < -0.3 is 4.74 Å². The number of hydrogen-bond acceptors (Lipinski definition) is 5. The summed E-state index contributed by atoms with van der Waals surface area (Å²) < 4.78 is 33.4. The number of benzene rings is 2. The van der Waals surface area contributed by atoms with Crippen LogP contribution < -0.4 is 9.46 Å². The number of H-pyrrole nitrogens is 1. The minimum Gasteiger partial charge on any atom is -0.497 e. The van der Waals surface area contributed by atoms with Gasteiger partial charge in [0.15, 0.2) is 0 Å². The second-order valence-corrected chi connectivity index (χ2v) is 6.81. The lowest BCUT2D eigenvalue weighted by Gasteiger charge is -2.14. The Morgan fingerprint density at radius 2 is 1.83 bits per heavy atom. The lowest BCUT2D eigenvalue weighted by Crippen LogP contribution is -2.16. The van der Waals surface area contributed by atoms with Gasteiger partial charge in [-0.1, -0.05) is 6.07 Å². The second kappa shape index (κ2) is 5.54. The summed E-state index contributed by atoms with van der Waals surface area (Å²) in [6, 6.07) is 8.50. The van der Waals surface area contributed by atoms with Crippen LogP contribution in [-0.4, -0.2) is 30.9 Å². The lowest BCUT2D eigenvalue weighted by molar-refractivity contribution is 0.413. The Kier molecular flexibility index (Phi) is 3.69. The fourth-order valence-corrected chi connectivity index (χ4v) is 4.12. The fraction of sp³-hybridized carbons (Fsp3) is 0.200. The van der Waals surface area contributed by atoms with Crippen molar-refractivity contribution in [3.63, 3.8) is 0 Å². The minimum absolute atomic E-state index is 0.235. The largest absolute Gasteiger partial charge is 0.497 e. The number of ether oxygens (including phenoxy) is 1. The molecule has 0 atom stereocenters. The standard InChI is InChI=1S/C15H16N4O3S/c1-9-7-11(22-3)8-10(2)15(9)23(20,21)18-13-6-4-5-12-14(13)17-19-16-12/h4-8,18H,1-3H3,(H,16,17,19). The van der Waals surface area contributed by atoms with E-state index >= 15 is 0 Å². The van der Waals surface area contributed by atoms with E-state index in [1.54, 1.807) is 51.3 Å². The van der Waals surface area contributed by atoms with Crippen LogP contribution in [0.25, 0.3) is 11.0 Å². The maximum Gasteiger partial charge on any atom is 0.262 e. The van der Waals surface area contributed by atoms with Crippen LogP contribution in [0.5, 0.6) is 5.75 Å². The van der Waals surface area contributed by atoms with Crippen molar-refractivity contribution >= 4 is 26.7 Å². The Hall–Kier alpha value is -2.61. The summed E-state index contributed by atoms with van der Waals surface area (Å²) in [7, 11) is -2.21. The highest BCUT2D eigenvalue weighted by Gasteiger charge is 2.22. The number of methoxy groups -OCH3 is 1. The number of aromatic amines is 1. The highest BCUT2D eigenvalue weighted by atomic mass is 32.2. The Morgan fingerprint density at radius 1 is 1.13 bits per heavy atom. The first-order valence-corrected chi connectivity index (χ1v) is 8.38. The van der Waals surface area contributed by atoms with Crippen LogP contribution in [0.4, 0.5) is 5.69 Å². The minimum atomic E-state index is -3.76. The first-order chi connectivity index (χ1) is 10.9. The molecule has 0 saturated heterocycles. The molecule has 0 spiro atoms. The van der Waals surface area contributed by atoms with Crippen molar-refractivity contribution in [3.05, 3.63) is 41.5 Å². The Morgan fingerprint density at radius 3 is 2.48 bits per heavy atom. The molecule has 0 bridgehead atoms. The van der Waals surface area contributed by atoms with Gasteiger partial charge in [0.05, 0.1) is 17.7 Å². The van der Waals surface area contributed by atoms with Gasteiger partial charge in [-0.25, -0.2) is 8.42 Å². The van der Waals surface area contributed by atoms with Gasteiger partial charge in [0, 0.05) is 0 Å². The lowest BCUT2D eigenvalue weighted by atomic mass is 10.1. The molecule has 1 aromatic heterocycles. The molecule has 7 nitrogen and oxygen atoms in total. The molecule has 23 heavy (non-hydrogen) atoms. The van der Waals surface area contributed by atoms with Crippen LogP contribution in [0.2, 0.25) is 0 Å². The predicted octanol–water partition coefficient (Wildman–Crippen LogP) is 2.38. The van der Waals surface area contributed by atoms with Crippen molar-refractivity contribution in [2.24, 2.45) is 0 Å². The number of aryl methyl sites for hydroxylation is 2. The van der Waals surface area contributed by atoms with Gasteiger partial charge in [0.25, 0.3) is 10.0 Å². The predicted molar refractivity (Wildman–Crippen MR) is 87.2 cm³/mol. The molecule has 0 unspecified atom stereocenters. The van der Waals surface area contributed by atoms with Crippen molar-refractivity contribution < 1.29 is 13.2 Å². The molecule has 0 aliphatic rings. The first kappa shape index (κ1) is 15.3. The fourth-order valence-electron chi connectivity index (χ4n) is 2.60. The molecule has 3 aromatic rings. The van der Waals surface area contributed by atoms with E-state index in [0.717, 1.165) is 0 Å². The van der Waals surface area contributed by atoms with Crippen molar-refractivity contribution in [2.75, 3.05) is 11.8 Å². The van der Waals surface area contributed by atoms with Crippen molar-refractivity contribution in [1.82, 2.24) is 15.4 Å². The summed E-state index contributed by atoms with van der Waals surface area (Å²) in [4.78, 5) is 0.235. The van der Waals surface area contributed by atoms with Crippen LogP contribution in [0, 0.1) is 13.8 Å². The zero-order valence-corrected chi connectivity index (χ0v) is 13.7. The second-order valence-electron chi connectivity index (χ2n) is 5.19. The van der Waals surface area contributed by atoms with E-state index in [-0.39, 0.29) is 4.90 Å². The zero-order chi connectivity index (χ0) is 16.6. The number of fused-ring (bicyclic) bond motifs is 1. The number of hydrogen-bond donors (Lipinski definition) is 2. The topological polar surface area (TPSA) is 97.0 Å². The average Bonchev–Trinajstić information content (AvgIpc) is 2.95. The quantitative estimate of drug-likeness (QED) is 0.764. The molecule has 3 rings (SSSR count). The highest BCUT2D eigenvalue weighted by Crippen LogP contribution is 2.28. The Balaban J connectivity index is 2.08. The van der Waals surface area contributed by atoms with E-state index in [1.807, 2.05) is 0 Å². The maximum atomic E-state index is 12.8. The third-order valence-electron chi connectivity index (χ3n) is 3.53. The van der Waals surface area contributed by atoms with Crippen LogP contribution in [0.3, 0.4) is 0 Å². The van der Waals surface area contributed by atoms with E-state index in [9.17, 15) is 8.42 Å². The maximum absolute atomic E-state index is 12.8. The van der Waals surface area contributed by atoms with Gasteiger partial charge >= 0.3 is 0 Å². The molecule has 0 radical (unpaired) electrons. The summed E-state index contributed by atoms with van der Waals surface area (Å²) in [6.07, 6.45) is 0. The number of nitrogens with one attached hydrogen (secondary N) is 2. The SMILES string of the molecule is COc1cc(C)c(S(=O)(=O)Nc2cccc3n[nH]nc23)c(C)c1. The first-order valence-electron chi connectivity index (χ1n) is 6.90. The molecule has 0 aliphatic carbocycles. The van der Waals surface area contributed by atoms with E-state index in [1.165, 1.54) is 0 Å².